The quantitative estimate of drug-likeness (QED) is 0.924. The van der Waals surface area contributed by atoms with Crippen molar-refractivity contribution in [3.8, 4) is 0 Å². The molecule has 1 N–H and O–H groups in total. The minimum atomic E-state index is -0.919. The van der Waals surface area contributed by atoms with Crippen LogP contribution in [0.5, 0.6) is 0 Å². The summed E-state index contributed by atoms with van der Waals surface area (Å²) in [6.45, 7) is 7.06. The smallest absolute Gasteiger partial charge is 0.101 e. The fourth-order valence-corrected chi connectivity index (χ4v) is 2.75. The van der Waals surface area contributed by atoms with E-state index in [2.05, 4.69) is 21.1 Å². The van der Waals surface area contributed by atoms with E-state index in [-0.39, 0.29) is 0 Å². The van der Waals surface area contributed by atoms with Crippen LogP contribution in [0.15, 0.2) is 29.5 Å². The fourth-order valence-electron chi connectivity index (χ4n) is 2.75. The molecule has 1 saturated heterocycles. The van der Waals surface area contributed by atoms with Crippen molar-refractivity contribution in [2.45, 2.75) is 25.9 Å². The van der Waals surface area contributed by atoms with E-state index >= 15 is 0 Å². The highest BCUT2D eigenvalue weighted by molar-refractivity contribution is 5.76. The number of rotatable bonds is 4. The molecule has 0 bridgehead atoms. The molecular formula is C17H23N3O2. The topological polar surface area (TPSA) is 58.0 Å². The van der Waals surface area contributed by atoms with Gasteiger partial charge in [0.2, 0.25) is 0 Å². The Bertz CT molecular complexity index is 567. The molecule has 118 valence electrons. The maximum absolute atomic E-state index is 9.96. The molecule has 5 heteroatoms. The van der Waals surface area contributed by atoms with Crippen molar-refractivity contribution in [1.82, 2.24) is 9.88 Å². The van der Waals surface area contributed by atoms with E-state index in [1.165, 1.54) is 0 Å². The van der Waals surface area contributed by atoms with Crippen LogP contribution in [0.25, 0.3) is 5.70 Å². The summed E-state index contributed by atoms with van der Waals surface area (Å²) < 4.78 is 5.44. The molecular weight excluding hydrogens is 278 g/mol. The van der Waals surface area contributed by atoms with Crippen molar-refractivity contribution in [2.75, 3.05) is 26.3 Å². The number of hydrogen-bond donors (Lipinski definition) is 1. The van der Waals surface area contributed by atoms with Crippen molar-refractivity contribution >= 4 is 11.9 Å². The molecule has 0 radical (unpaired) electrons. The van der Waals surface area contributed by atoms with Gasteiger partial charge in [0.05, 0.1) is 24.5 Å². The molecule has 3 heterocycles. The van der Waals surface area contributed by atoms with Crippen LogP contribution in [0.2, 0.25) is 0 Å². The highest BCUT2D eigenvalue weighted by Gasteiger charge is 2.20. The van der Waals surface area contributed by atoms with Crippen LogP contribution in [-0.4, -0.2) is 47.5 Å². The van der Waals surface area contributed by atoms with Gasteiger partial charge in [0.15, 0.2) is 0 Å². The molecule has 1 atom stereocenters. The zero-order chi connectivity index (χ0) is 15.6. The molecule has 1 fully saturated rings. The van der Waals surface area contributed by atoms with Crippen LogP contribution in [-0.2, 0) is 10.3 Å². The number of pyridine rings is 1. The van der Waals surface area contributed by atoms with Gasteiger partial charge in [0.25, 0.3) is 0 Å². The Morgan fingerprint density at radius 1 is 1.41 bits per heavy atom. The second kappa shape index (κ2) is 6.18. The zero-order valence-electron chi connectivity index (χ0n) is 13.2. The Morgan fingerprint density at radius 3 is 2.91 bits per heavy atom. The van der Waals surface area contributed by atoms with Crippen LogP contribution >= 0.6 is 0 Å². The SMILES string of the molecule is CC(C)(O)c1ccc(C2=CN(CC3CCOC3)CC=N2)cn1. The van der Waals surface area contributed by atoms with E-state index in [0.717, 1.165) is 44.0 Å². The van der Waals surface area contributed by atoms with Gasteiger partial charge < -0.3 is 14.7 Å². The van der Waals surface area contributed by atoms with E-state index in [0.29, 0.717) is 11.6 Å². The molecule has 22 heavy (non-hydrogen) atoms. The minimum absolute atomic E-state index is 0.611. The molecule has 1 unspecified atom stereocenters. The lowest BCUT2D eigenvalue weighted by Crippen LogP contribution is -2.28. The van der Waals surface area contributed by atoms with E-state index < -0.39 is 5.60 Å². The summed E-state index contributed by atoms with van der Waals surface area (Å²) in [4.78, 5) is 11.1. The van der Waals surface area contributed by atoms with Gasteiger partial charge in [-0.1, -0.05) is 0 Å². The van der Waals surface area contributed by atoms with Crippen LogP contribution in [0, 0.1) is 5.92 Å². The number of ether oxygens (including phenoxy) is 1. The van der Waals surface area contributed by atoms with Gasteiger partial charge in [0, 0.05) is 43.2 Å². The molecule has 1 aromatic heterocycles. The maximum Gasteiger partial charge on any atom is 0.101 e. The fraction of sp³-hybridized carbons (Fsp3) is 0.529. The summed E-state index contributed by atoms with van der Waals surface area (Å²) in [5, 5.41) is 9.96. The lowest BCUT2D eigenvalue weighted by Gasteiger charge is -2.25. The zero-order valence-corrected chi connectivity index (χ0v) is 13.2. The van der Waals surface area contributed by atoms with E-state index in [4.69, 9.17) is 4.74 Å². The third-order valence-electron chi connectivity index (χ3n) is 4.05. The molecule has 0 aliphatic carbocycles. The van der Waals surface area contributed by atoms with Gasteiger partial charge >= 0.3 is 0 Å². The second-order valence-corrected chi connectivity index (χ2v) is 6.50. The lowest BCUT2D eigenvalue weighted by atomic mass is 10.0. The van der Waals surface area contributed by atoms with Crippen LogP contribution < -0.4 is 0 Å². The molecule has 2 aliphatic heterocycles. The van der Waals surface area contributed by atoms with E-state index in [1.807, 2.05) is 18.3 Å². The largest absolute Gasteiger partial charge is 0.384 e. The predicted octanol–water partition coefficient (Wildman–Crippen LogP) is 2.03. The number of aliphatic imine (C=N–C) groups is 1. The minimum Gasteiger partial charge on any atom is -0.384 e. The number of aromatic nitrogens is 1. The van der Waals surface area contributed by atoms with Crippen molar-refractivity contribution in [1.29, 1.82) is 0 Å². The first kappa shape index (κ1) is 15.2. The van der Waals surface area contributed by atoms with Gasteiger partial charge in [0.1, 0.15) is 5.60 Å². The normalized spacial score (nSPS) is 22.0. The third kappa shape index (κ3) is 3.54. The van der Waals surface area contributed by atoms with Gasteiger partial charge in [-0.05, 0) is 32.4 Å². The summed E-state index contributed by atoms with van der Waals surface area (Å²) in [6, 6.07) is 3.82. The van der Waals surface area contributed by atoms with Gasteiger partial charge in [-0.3, -0.25) is 9.98 Å². The standard InChI is InChI=1S/C17H23N3O2/c1-17(2,21)16-4-3-14(9-19-16)15-11-20(7-6-18-15)10-13-5-8-22-12-13/h3-4,6,9,11,13,21H,5,7-8,10,12H2,1-2H3. The number of hydrogen-bond acceptors (Lipinski definition) is 5. The molecule has 2 aliphatic rings. The second-order valence-electron chi connectivity index (χ2n) is 6.50. The summed E-state index contributed by atoms with van der Waals surface area (Å²) in [5.74, 6) is 0.611. The lowest BCUT2D eigenvalue weighted by molar-refractivity contribution is 0.0738. The number of aliphatic hydroxyl groups is 1. The van der Waals surface area contributed by atoms with Gasteiger partial charge in [-0.2, -0.15) is 0 Å². The highest BCUT2D eigenvalue weighted by Crippen LogP contribution is 2.23. The van der Waals surface area contributed by atoms with Crippen molar-refractivity contribution < 1.29 is 9.84 Å². The first-order valence-corrected chi connectivity index (χ1v) is 7.78. The highest BCUT2D eigenvalue weighted by atomic mass is 16.5. The summed E-state index contributed by atoms with van der Waals surface area (Å²) in [5.41, 5.74) is 1.63. The first-order valence-electron chi connectivity index (χ1n) is 7.78. The van der Waals surface area contributed by atoms with Gasteiger partial charge in [-0.25, -0.2) is 0 Å². The van der Waals surface area contributed by atoms with E-state index in [1.54, 1.807) is 20.0 Å². The van der Waals surface area contributed by atoms with Crippen LogP contribution in [0.4, 0.5) is 0 Å². The average Bonchev–Trinajstić information content (AvgIpc) is 3.00. The van der Waals surface area contributed by atoms with Crippen molar-refractivity contribution in [3.05, 3.63) is 35.8 Å². The first-order chi connectivity index (χ1) is 10.5. The van der Waals surface area contributed by atoms with Crippen LogP contribution in [0.1, 0.15) is 31.5 Å². The summed E-state index contributed by atoms with van der Waals surface area (Å²) >= 11 is 0. The third-order valence-corrected chi connectivity index (χ3v) is 4.05. The molecule has 5 nitrogen and oxygen atoms in total. The Morgan fingerprint density at radius 2 is 2.27 bits per heavy atom. The average molecular weight is 301 g/mol. The molecule has 0 spiro atoms. The maximum atomic E-state index is 9.96. The Hall–Kier alpha value is -1.72. The number of nitrogens with zero attached hydrogens (tertiary/aromatic N) is 3. The van der Waals surface area contributed by atoms with Crippen molar-refractivity contribution in [3.63, 3.8) is 0 Å². The van der Waals surface area contributed by atoms with Gasteiger partial charge in [-0.15, -0.1) is 0 Å². The summed E-state index contributed by atoms with van der Waals surface area (Å²) in [7, 11) is 0. The predicted molar refractivity (Wildman–Crippen MR) is 86.4 cm³/mol. The Balaban J connectivity index is 1.72. The molecule has 0 amide bonds. The Kier molecular flexibility index (Phi) is 4.27. The monoisotopic (exact) mass is 301 g/mol. The van der Waals surface area contributed by atoms with Crippen LogP contribution in [0.3, 0.4) is 0 Å². The van der Waals surface area contributed by atoms with E-state index in [9.17, 15) is 5.11 Å². The molecule has 0 aromatic carbocycles. The van der Waals surface area contributed by atoms with Crippen molar-refractivity contribution in [2.24, 2.45) is 10.9 Å². The molecule has 0 saturated carbocycles. The Labute approximate surface area is 131 Å². The summed E-state index contributed by atoms with van der Waals surface area (Å²) in [6.07, 6.45) is 6.95. The molecule has 3 rings (SSSR count). The molecule has 1 aromatic rings.